The summed E-state index contributed by atoms with van der Waals surface area (Å²) < 4.78 is 11.1. The minimum absolute atomic E-state index is 0.251. The minimum atomic E-state index is -0.541. The van der Waals surface area contributed by atoms with Crippen LogP contribution in [0.1, 0.15) is 38.8 Å². The van der Waals surface area contributed by atoms with Gasteiger partial charge in [-0.3, -0.25) is 9.59 Å². The molecule has 8 nitrogen and oxygen atoms in total. The lowest BCUT2D eigenvalue weighted by Gasteiger charge is -2.11. The normalized spacial score (nSPS) is 10.8. The number of esters is 1. The maximum absolute atomic E-state index is 12.8. The van der Waals surface area contributed by atoms with Gasteiger partial charge in [0.25, 0.3) is 11.8 Å². The lowest BCUT2D eigenvalue weighted by molar-refractivity contribution is -0.120. The Morgan fingerprint density at radius 3 is 2.32 bits per heavy atom. The van der Waals surface area contributed by atoms with Gasteiger partial charge in [-0.15, -0.1) is 0 Å². The van der Waals surface area contributed by atoms with Gasteiger partial charge >= 0.3 is 5.97 Å². The summed E-state index contributed by atoms with van der Waals surface area (Å²) in [7, 11) is 0. The molecule has 0 saturated carbocycles. The first-order chi connectivity index (χ1) is 18.4. The standard InChI is InChI=1S/C30H27N3O5/c1-3-37-24-15-12-23(13-16-24)30(36)38-27-17-14-21-6-4-5-7-25(21)26(27)18-32-33-28(34)19-31-29(35)22-10-8-20(2)9-11-22/h4-18H,3,19H2,1-2H3,(H,31,35)(H,33,34)/b32-18-. The number of rotatable bonds is 9. The number of hydrogen-bond donors (Lipinski definition) is 2. The van der Waals surface area contributed by atoms with E-state index in [4.69, 9.17) is 9.47 Å². The Bertz CT molecular complexity index is 1480. The first kappa shape index (κ1) is 26.1. The SMILES string of the molecule is CCOc1ccc(C(=O)Oc2ccc3ccccc3c2/C=N\NC(=O)CNC(=O)c2ccc(C)cc2)cc1. The Kier molecular flexibility index (Phi) is 8.46. The molecule has 0 radical (unpaired) electrons. The fourth-order valence-electron chi connectivity index (χ4n) is 3.69. The summed E-state index contributed by atoms with van der Waals surface area (Å²) >= 11 is 0. The fourth-order valence-corrected chi connectivity index (χ4v) is 3.69. The number of nitrogens with one attached hydrogen (secondary N) is 2. The first-order valence-corrected chi connectivity index (χ1v) is 12.1. The van der Waals surface area contributed by atoms with Gasteiger partial charge < -0.3 is 14.8 Å². The smallest absolute Gasteiger partial charge is 0.343 e. The summed E-state index contributed by atoms with van der Waals surface area (Å²) in [6.45, 7) is 4.09. The van der Waals surface area contributed by atoms with Crippen molar-refractivity contribution in [2.75, 3.05) is 13.2 Å². The zero-order chi connectivity index (χ0) is 26.9. The number of hydrazone groups is 1. The largest absolute Gasteiger partial charge is 0.494 e. The molecule has 0 bridgehead atoms. The fraction of sp³-hybridized carbons (Fsp3) is 0.133. The number of amides is 2. The molecule has 0 aliphatic rings. The van der Waals surface area contributed by atoms with Gasteiger partial charge in [0.05, 0.1) is 24.9 Å². The molecular formula is C30H27N3O5. The monoisotopic (exact) mass is 509 g/mol. The summed E-state index contributed by atoms with van der Waals surface area (Å²) in [5.74, 6) is -0.459. The molecule has 2 N–H and O–H groups in total. The van der Waals surface area contributed by atoms with E-state index >= 15 is 0 Å². The van der Waals surface area contributed by atoms with Crippen LogP contribution in [0.4, 0.5) is 0 Å². The number of fused-ring (bicyclic) bond motifs is 1. The van der Waals surface area contributed by atoms with E-state index < -0.39 is 11.9 Å². The predicted molar refractivity (Wildman–Crippen MR) is 146 cm³/mol. The Labute approximate surface area is 220 Å². The Balaban J connectivity index is 1.45. The van der Waals surface area contributed by atoms with E-state index in [0.29, 0.717) is 29.0 Å². The molecule has 0 saturated heterocycles. The number of carbonyl (C=O) groups excluding carboxylic acids is 3. The highest BCUT2D eigenvalue weighted by Crippen LogP contribution is 2.27. The number of aryl methyl sites for hydroxylation is 1. The lowest BCUT2D eigenvalue weighted by atomic mass is 10.0. The molecule has 4 aromatic rings. The molecule has 8 heteroatoms. The molecule has 0 aliphatic carbocycles. The Morgan fingerprint density at radius 1 is 0.868 bits per heavy atom. The molecule has 0 heterocycles. The summed E-state index contributed by atoms with van der Waals surface area (Å²) in [4.78, 5) is 37.3. The zero-order valence-electron chi connectivity index (χ0n) is 21.1. The molecule has 4 aromatic carbocycles. The highest BCUT2D eigenvalue weighted by atomic mass is 16.5. The molecule has 192 valence electrons. The molecule has 0 aromatic heterocycles. The molecule has 38 heavy (non-hydrogen) atoms. The molecule has 0 fully saturated rings. The van der Waals surface area contributed by atoms with Crippen LogP contribution in [-0.2, 0) is 4.79 Å². The second-order valence-electron chi connectivity index (χ2n) is 8.39. The minimum Gasteiger partial charge on any atom is -0.494 e. The topological polar surface area (TPSA) is 106 Å². The highest BCUT2D eigenvalue weighted by Gasteiger charge is 2.14. The van der Waals surface area contributed by atoms with Crippen molar-refractivity contribution in [2.24, 2.45) is 5.10 Å². The van der Waals surface area contributed by atoms with E-state index in [2.05, 4.69) is 15.8 Å². The van der Waals surface area contributed by atoms with Crippen LogP contribution in [-0.4, -0.2) is 37.1 Å². The van der Waals surface area contributed by atoms with Gasteiger partial charge in [-0.2, -0.15) is 5.10 Å². The molecule has 2 amide bonds. The second-order valence-corrected chi connectivity index (χ2v) is 8.39. The van der Waals surface area contributed by atoms with Gasteiger partial charge in [0, 0.05) is 11.1 Å². The molecular weight excluding hydrogens is 482 g/mol. The van der Waals surface area contributed by atoms with Crippen LogP contribution in [0.2, 0.25) is 0 Å². The van der Waals surface area contributed by atoms with Gasteiger partial charge in [-0.05, 0) is 67.1 Å². The number of nitrogens with zero attached hydrogens (tertiary/aromatic N) is 1. The van der Waals surface area contributed by atoms with Gasteiger partial charge in [0.1, 0.15) is 11.5 Å². The van der Waals surface area contributed by atoms with Crippen LogP contribution in [0.15, 0.2) is 90.0 Å². The summed E-state index contributed by atoms with van der Waals surface area (Å²) in [6.07, 6.45) is 1.42. The van der Waals surface area contributed by atoms with E-state index in [-0.39, 0.29) is 18.2 Å². The molecule has 0 aliphatic heterocycles. The van der Waals surface area contributed by atoms with Crippen molar-refractivity contribution in [3.8, 4) is 11.5 Å². The number of ether oxygens (including phenoxy) is 2. The van der Waals surface area contributed by atoms with Crippen LogP contribution >= 0.6 is 0 Å². The Hall–Kier alpha value is -4.98. The zero-order valence-corrected chi connectivity index (χ0v) is 21.1. The second kappa shape index (κ2) is 12.3. The van der Waals surface area contributed by atoms with Crippen LogP contribution < -0.4 is 20.2 Å². The van der Waals surface area contributed by atoms with Crippen LogP contribution in [0.3, 0.4) is 0 Å². The predicted octanol–water partition coefficient (Wildman–Crippen LogP) is 4.65. The van der Waals surface area contributed by atoms with Crippen LogP contribution in [0.5, 0.6) is 11.5 Å². The highest BCUT2D eigenvalue weighted by molar-refractivity contribution is 6.04. The maximum Gasteiger partial charge on any atom is 0.343 e. The maximum atomic E-state index is 12.8. The molecule has 0 spiro atoms. The van der Waals surface area contributed by atoms with Crippen LogP contribution in [0, 0.1) is 6.92 Å². The van der Waals surface area contributed by atoms with Gasteiger partial charge in [-0.1, -0.05) is 48.0 Å². The van der Waals surface area contributed by atoms with Crippen molar-refractivity contribution in [2.45, 2.75) is 13.8 Å². The number of hydrogen-bond acceptors (Lipinski definition) is 6. The average Bonchev–Trinajstić information content (AvgIpc) is 2.93. The van der Waals surface area contributed by atoms with Crippen molar-refractivity contribution in [1.82, 2.24) is 10.7 Å². The van der Waals surface area contributed by atoms with Crippen molar-refractivity contribution in [3.05, 3.63) is 107 Å². The van der Waals surface area contributed by atoms with Crippen molar-refractivity contribution >= 4 is 34.8 Å². The quantitative estimate of drug-likeness (QED) is 0.148. The van der Waals surface area contributed by atoms with Crippen molar-refractivity contribution in [1.29, 1.82) is 0 Å². The van der Waals surface area contributed by atoms with Crippen molar-refractivity contribution < 1.29 is 23.9 Å². The number of carbonyl (C=O) groups is 3. The van der Waals surface area contributed by atoms with E-state index in [9.17, 15) is 14.4 Å². The van der Waals surface area contributed by atoms with Crippen molar-refractivity contribution in [3.63, 3.8) is 0 Å². The average molecular weight is 510 g/mol. The number of benzene rings is 4. The first-order valence-electron chi connectivity index (χ1n) is 12.1. The van der Waals surface area contributed by atoms with Gasteiger partial charge in [-0.25, -0.2) is 10.2 Å². The summed E-state index contributed by atoms with van der Waals surface area (Å²) in [5, 5.41) is 8.30. The van der Waals surface area contributed by atoms with E-state index in [0.717, 1.165) is 16.3 Å². The molecule has 4 rings (SSSR count). The molecule has 0 atom stereocenters. The summed E-state index contributed by atoms with van der Waals surface area (Å²) in [6, 6.07) is 24.8. The third-order valence-corrected chi connectivity index (χ3v) is 5.64. The van der Waals surface area contributed by atoms with Gasteiger partial charge in [0.15, 0.2) is 0 Å². The third kappa shape index (κ3) is 6.61. The van der Waals surface area contributed by atoms with Crippen LogP contribution in [0.25, 0.3) is 10.8 Å². The molecule has 0 unspecified atom stereocenters. The van der Waals surface area contributed by atoms with E-state index in [1.807, 2.05) is 56.3 Å². The third-order valence-electron chi connectivity index (χ3n) is 5.64. The Morgan fingerprint density at radius 2 is 1.58 bits per heavy atom. The van der Waals surface area contributed by atoms with Gasteiger partial charge in [0.2, 0.25) is 0 Å². The lowest BCUT2D eigenvalue weighted by Crippen LogP contribution is -2.34. The van der Waals surface area contributed by atoms with E-state index in [1.54, 1.807) is 42.5 Å². The van der Waals surface area contributed by atoms with E-state index in [1.165, 1.54) is 6.21 Å². The summed E-state index contributed by atoms with van der Waals surface area (Å²) in [5.41, 5.74) is 4.78.